The highest BCUT2D eigenvalue weighted by Crippen LogP contribution is 2.15. The monoisotopic (exact) mass is 206 g/mol. The molecule has 0 unspecified atom stereocenters. The van der Waals surface area contributed by atoms with Gasteiger partial charge in [0.05, 0.1) is 0 Å². The molecule has 1 nitrogen and oxygen atoms in total. The van der Waals surface area contributed by atoms with Crippen LogP contribution in [0.4, 0.5) is 0 Å². The van der Waals surface area contributed by atoms with Crippen molar-refractivity contribution in [1.82, 2.24) is 5.32 Å². The van der Waals surface area contributed by atoms with Gasteiger partial charge in [-0.1, -0.05) is 35.4 Å². The van der Waals surface area contributed by atoms with Crippen molar-refractivity contribution in [1.29, 1.82) is 0 Å². The molecule has 0 aromatic heterocycles. The van der Waals surface area contributed by atoms with E-state index in [1.807, 2.05) is 12.1 Å². The molecule has 0 bridgehead atoms. The van der Waals surface area contributed by atoms with Crippen molar-refractivity contribution < 1.29 is 0 Å². The zero-order chi connectivity index (χ0) is 9.80. The zero-order valence-corrected chi connectivity index (χ0v) is 8.80. The number of nitrogens with zero attached hydrogens (tertiary/aromatic N) is 1. The predicted molar refractivity (Wildman–Crippen MR) is 59.7 cm³/mol. The highest BCUT2D eigenvalue weighted by atomic mass is 35.5. The van der Waals surface area contributed by atoms with Gasteiger partial charge in [0, 0.05) is 18.1 Å². The molecule has 0 saturated heterocycles. The summed E-state index contributed by atoms with van der Waals surface area (Å²) in [6.45, 7) is 1.88. The molecule has 0 atom stereocenters. The summed E-state index contributed by atoms with van der Waals surface area (Å²) in [5, 5.41) is 5.09. The quantitative estimate of drug-likeness (QED) is 0.661. The van der Waals surface area contributed by atoms with Gasteiger partial charge in [-0.3, -0.25) is 0 Å². The maximum atomic E-state index is 5.82. The SMILES string of the molecule is Clc1ccc(CC2=CC[N]CC2)cc1. The maximum absolute atomic E-state index is 5.82. The van der Waals surface area contributed by atoms with Crippen molar-refractivity contribution in [3.63, 3.8) is 0 Å². The largest absolute Gasteiger partial charge is 0.237 e. The fraction of sp³-hybridized carbons (Fsp3) is 0.333. The van der Waals surface area contributed by atoms with Crippen molar-refractivity contribution in [2.45, 2.75) is 12.8 Å². The van der Waals surface area contributed by atoms with Gasteiger partial charge in [0.1, 0.15) is 0 Å². The summed E-state index contributed by atoms with van der Waals surface area (Å²) in [5.74, 6) is 0. The van der Waals surface area contributed by atoms with Crippen LogP contribution in [0.2, 0.25) is 5.02 Å². The van der Waals surface area contributed by atoms with E-state index in [1.165, 1.54) is 11.1 Å². The van der Waals surface area contributed by atoms with Gasteiger partial charge < -0.3 is 0 Å². The molecule has 1 aromatic rings. The summed E-state index contributed by atoms with van der Waals surface area (Å²) in [7, 11) is 0. The summed E-state index contributed by atoms with van der Waals surface area (Å²) in [5.41, 5.74) is 2.84. The van der Waals surface area contributed by atoms with Crippen LogP contribution in [0.15, 0.2) is 35.9 Å². The van der Waals surface area contributed by atoms with Crippen molar-refractivity contribution in [2.75, 3.05) is 13.1 Å². The van der Waals surface area contributed by atoms with Gasteiger partial charge in [0.25, 0.3) is 0 Å². The van der Waals surface area contributed by atoms with Gasteiger partial charge in [0.2, 0.25) is 0 Å². The van der Waals surface area contributed by atoms with Crippen LogP contribution in [0.1, 0.15) is 12.0 Å². The minimum Gasteiger partial charge on any atom is -0.237 e. The van der Waals surface area contributed by atoms with E-state index >= 15 is 0 Å². The zero-order valence-electron chi connectivity index (χ0n) is 8.04. The average Bonchev–Trinajstić information content (AvgIpc) is 2.23. The second-order valence-corrected chi connectivity index (χ2v) is 3.98. The third kappa shape index (κ3) is 2.60. The molecule has 0 aliphatic carbocycles. The molecule has 1 heterocycles. The van der Waals surface area contributed by atoms with Crippen LogP contribution in [0, 0.1) is 0 Å². The molecular weight excluding hydrogens is 194 g/mol. The van der Waals surface area contributed by atoms with Crippen molar-refractivity contribution in [3.05, 3.63) is 46.5 Å². The highest BCUT2D eigenvalue weighted by Gasteiger charge is 2.04. The summed E-state index contributed by atoms with van der Waals surface area (Å²) >= 11 is 5.82. The van der Waals surface area contributed by atoms with Crippen molar-refractivity contribution in [2.24, 2.45) is 0 Å². The van der Waals surface area contributed by atoms with Crippen LogP contribution in [-0.4, -0.2) is 13.1 Å². The first-order valence-corrected chi connectivity index (χ1v) is 5.28. The van der Waals surface area contributed by atoms with E-state index in [2.05, 4.69) is 23.5 Å². The maximum Gasteiger partial charge on any atom is 0.0406 e. The minimum atomic E-state index is 0.807. The summed E-state index contributed by atoms with van der Waals surface area (Å²) < 4.78 is 0. The Labute approximate surface area is 89.8 Å². The number of rotatable bonds is 2. The van der Waals surface area contributed by atoms with E-state index in [1.54, 1.807) is 0 Å². The lowest BCUT2D eigenvalue weighted by molar-refractivity contribution is 0.679. The fourth-order valence-corrected chi connectivity index (χ4v) is 1.76. The molecule has 73 valence electrons. The highest BCUT2D eigenvalue weighted by molar-refractivity contribution is 6.30. The lowest BCUT2D eigenvalue weighted by atomic mass is 10.0. The Hall–Kier alpha value is -0.790. The van der Waals surface area contributed by atoms with E-state index in [9.17, 15) is 0 Å². The molecular formula is C12H13ClN. The van der Waals surface area contributed by atoms with Gasteiger partial charge >= 0.3 is 0 Å². The Morgan fingerprint density at radius 3 is 2.64 bits per heavy atom. The molecule has 1 aliphatic rings. The Morgan fingerprint density at radius 1 is 1.21 bits per heavy atom. The lowest BCUT2D eigenvalue weighted by Crippen LogP contribution is -2.14. The Bertz CT molecular complexity index is 327. The van der Waals surface area contributed by atoms with E-state index in [0.717, 1.165) is 31.0 Å². The summed E-state index contributed by atoms with van der Waals surface area (Å²) in [6, 6.07) is 8.08. The molecule has 1 aliphatic heterocycles. The third-order valence-electron chi connectivity index (χ3n) is 2.44. The molecule has 0 N–H and O–H groups in total. The first-order valence-electron chi connectivity index (χ1n) is 4.90. The third-order valence-corrected chi connectivity index (χ3v) is 2.70. The standard InChI is InChI=1S/C12H13ClN/c13-12-3-1-10(2-4-12)9-11-5-7-14-8-6-11/h1-5H,6-9H2. The molecule has 0 saturated carbocycles. The van der Waals surface area contributed by atoms with Crippen LogP contribution in [-0.2, 0) is 6.42 Å². The summed E-state index contributed by atoms with van der Waals surface area (Å²) in [6.07, 6.45) is 4.40. The van der Waals surface area contributed by atoms with Gasteiger partial charge in [-0.2, -0.15) is 0 Å². The minimum absolute atomic E-state index is 0.807. The average molecular weight is 207 g/mol. The fourth-order valence-electron chi connectivity index (χ4n) is 1.63. The van der Waals surface area contributed by atoms with E-state index in [0.29, 0.717) is 0 Å². The first kappa shape index (κ1) is 9.75. The van der Waals surface area contributed by atoms with Crippen LogP contribution >= 0.6 is 11.6 Å². The molecule has 0 fully saturated rings. The molecule has 2 heteroatoms. The second kappa shape index (κ2) is 4.63. The number of hydrogen-bond acceptors (Lipinski definition) is 0. The smallest absolute Gasteiger partial charge is 0.0406 e. The molecule has 2 rings (SSSR count). The number of halogens is 1. The van der Waals surface area contributed by atoms with Crippen LogP contribution < -0.4 is 5.32 Å². The molecule has 0 spiro atoms. The summed E-state index contributed by atoms with van der Waals surface area (Å²) in [4.78, 5) is 0. The molecule has 1 radical (unpaired) electrons. The first-order chi connectivity index (χ1) is 6.84. The van der Waals surface area contributed by atoms with E-state index < -0.39 is 0 Å². The van der Waals surface area contributed by atoms with Gasteiger partial charge in [0.15, 0.2) is 0 Å². The van der Waals surface area contributed by atoms with Crippen LogP contribution in [0.25, 0.3) is 0 Å². The van der Waals surface area contributed by atoms with E-state index in [-0.39, 0.29) is 0 Å². The Balaban J connectivity index is 2.03. The van der Waals surface area contributed by atoms with Gasteiger partial charge in [-0.05, 0) is 30.5 Å². The topological polar surface area (TPSA) is 14.1 Å². The molecule has 0 amide bonds. The second-order valence-electron chi connectivity index (χ2n) is 3.55. The van der Waals surface area contributed by atoms with Gasteiger partial charge in [-0.15, -0.1) is 0 Å². The number of benzene rings is 1. The Kier molecular flexibility index (Phi) is 3.22. The number of hydrogen-bond donors (Lipinski definition) is 0. The molecule has 1 aromatic carbocycles. The van der Waals surface area contributed by atoms with Crippen molar-refractivity contribution in [3.8, 4) is 0 Å². The van der Waals surface area contributed by atoms with Gasteiger partial charge in [-0.25, -0.2) is 5.32 Å². The van der Waals surface area contributed by atoms with Crippen LogP contribution in [0.5, 0.6) is 0 Å². The molecule has 14 heavy (non-hydrogen) atoms. The van der Waals surface area contributed by atoms with Crippen molar-refractivity contribution >= 4 is 11.6 Å². The van der Waals surface area contributed by atoms with Crippen LogP contribution in [0.3, 0.4) is 0 Å². The predicted octanol–water partition coefficient (Wildman–Crippen LogP) is 2.82. The normalized spacial score (nSPS) is 16.5. The van der Waals surface area contributed by atoms with E-state index in [4.69, 9.17) is 11.6 Å². The lowest BCUT2D eigenvalue weighted by Gasteiger charge is -2.12. The Morgan fingerprint density at radius 2 is 2.00 bits per heavy atom.